The average Bonchev–Trinajstić information content (AvgIpc) is 3.23. The maximum Gasteiger partial charge on any atom is 0.236 e. The van der Waals surface area contributed by atoms with Crippen LogP contribution >= 0.6 is 23.4 Å². The van der Waals surface area contributed by atoms with Crippen LogP contribution in [0.1, 0.15) is 18.2 Å². The Bertz CT molecular complexity index is 828. The summed E-state index contributed by atoms with van der Waals surface area (Å²) in [6.07, 6.45) is 1.11. The Morgan fingerprint density at radius 2 is 2.12 bits per heavy atom. The van der Waals surface area contributed by atoms with Gasteiger partial charge < -0.3 is 20.8 Å². The van der Waals surface area contributed by atoms with Gasteiger partial charge in [0.1, 0.15) is 22.8 Å². The van der Waals surface area contributed by atoms with Crippen molar-refractivity contribution in [1.29, 1.82) is 0 Å². The van der Waals surface area contributed by atoms with E-state index >= 15 is 0 Å². The van der Waals surface area contributed by atoms with E-state index in [-0.39, 0.29) is 17.2 Å². The Balaban J connectivity index is 1.66. The largest absolute Gasteiger partial charge is 0.389 e. The number of aliphatic hydroxyl groups excluding tert-OH is 2. The smallest absolute Gasteiger partial charge is 0.236 e. The lowest BCUT2D eigenvalue weighted by atomic mass is 10.1. The standard InChI is InChI=1S/C14H17ClN6O3S/c1-16-10-6-11(20-14(15)19-10)21(4-17-6)13-8(23)7(22)9(25-13)12(24)18-5-2-3-5/h4-5,7-9,13,22-23H,2-3H2,1H3,(H,18,24)(H,16,19,20)/t7-,8+,9-,13+/m0/s1. The number of nitrogens with zero attached hydrogens (tertiary/aromatic N) is 4. The molecule has 1 amide bonds. The Labute approximate surface area is 152 Å². The molecule has 4 N–H and O–H groups in total. The zero-order valence-electron chi connectivity index (χ0n) is 13.3. The molecule has 4 rings (SSSR count). The number of nitrogens with one attached hydrogen (secondary N) is 2. The first kappa shape index (κ1) is 16.8. The van der Waals surface area contributed by atoms with Gasteiger partial charge in [0.05, 0.1) is 6.33 Å². The second-order valence-corrected chi connectivity index (χ2v) is 7.73. The highest BCUT2D eigenvalue weighted by molar-refractivity contribution is 8.01. The number of aliphatic hydroxyl groups is 2. The molecule has 0 spiro atoms. The van der Waals surface area contributed by atoms with Crippen LogP contribution in [-0.2, 0) is 4.79 Å². The van der Waals surface area contributed by atoms with Gasteiger partial charge in [0.2, 0.25) is 11.2 Å². The van der Waals surface area contributed by atoms with E-state index in [0.717, 1.165) is 12.8 Å². The molecule has 2 aromatic rings. The molecule has 1 aliphatic heterocycles. The van der Waals surface area contributed by atoms with Gasteiger partial charge in [-0.15, -0.1) is 11.8 Å². The van der Waals surface area contributed by atoms with Crippen molar-refractivity contribution in [3.05, 3.63) is 11.6 Å². The third-order valence-corrected chi connectivity index (χ3v) is 6.07. The van der Waals surface area contributed by atoms with Crippen molar-refractivity contribution in [1.82, 2.24) is 24.8 Å². The third kappa shape index (κ3) is 2.92. The van der Waals surface area contributed by atoms with Gasteiger partial charge in [0, 0.05) is 13.1 Å². The van der Waals surface area contributed by atoms with Gasteiger partial charge in [-0.1, -0.05) is 0 Å². The summed E-state index contributed by atoms with van der Waals surface area (Å²) in [4.78, 5) is 24.8. The molecular weight excluding hydrogens is 368 g/mol. The predicted molar refractivity (Wildman–Crippen MR) is 93.5 cm³/mol. The van der Waals surface area contributed by atoms with E-state index in [1.165, 1.54) is 18.1 Å². The summed E-state index contributed by atoms with van der Waals surface area (Å²) in [5.74, 6) is 0.212. The van der Waals surface area contributed by atoms with E-state index in [4.69, 9.17) is 11.6 Å². The van der Waals surface area contributed by atoms with Crippen molar-refractivity contribution in [3.8, 4) is 0 Å². The first-order valence-corrected chi connectivity index (χ1v) is 9.21. The number of aromatic nitrogens is 4. The number of halogens is 1. The highest BCUT2D eigenvalue weighted by atomic mass is 35.5. The van der Waals surface area contributed by atoms with Crippen LogP contribution in [0, 0.1) is 0 Å². The fourth-order valence-corrected chi connectivity index (χ4v) is 4.45. The number of imidazole rings is 1. The highest BCUT2D eigenvalue weighted by Gasteiger charge is 2.48. The zero-order chi connectivity index (χ0) is 17.7. The van der Waals surface area contributed by atoms with Crippen molar-refractivity contribution >= 4 is 46.3 Å². The third-order valence-electron chi connectivity index (χ3n) is 4.33. The van der Waals surface area contributed by atoms with Crippen LogP contribution in [-0.4, -0.2) is 66.2 Å². The normalized spacial score (nSPS) is 29.1. The zero-order valence-corrected chi connectivity index (χ0v) is 14.8. The number of rotatable bonds is 4. The van der Waals surface area contributed by atoms with Gasteiger partial charge in [0.15, 0.2) is 17.0 Å². The molecule has 3 heterocycles. The van der Waals surface area contributed by atoms with Crippen LogP contribution in [0.2, 0.25) is 5.28 Å². The maximum atomic E-state index is 12.3. The van der Waals surface area contributed by atoms with Crippen molar-refractivity contribution < 1.29 is 15.0 Å². The number of carbonyl (C=O) groups excluding carboxylic acids is 1. The van der Waals surface area contributed by atoms with Crippen LogP contribution < -0.4 is 10.6 Å². The molecule has 1 saturated carbocycles. The highest BCUT2D eigenvalue weighted by Crippen LogP contribution is 2.43. The van der Waals surface area contributed by atoms with E-state index in [0.29, 0.717) is 17.0 Å². The molecule has 11 heteroatoms. The minimum Gasteiger partial charge on any atom is -0.389 e. The molecular formula is C14H17ClN6O3S. The van der Waals surface area contributed by atoms with Gasteiger partial charge in [-0.05, 0) is 24.4 Å². The van der Waals surface area contributed by atoms with Gasteiger partial charge in [-0.2, -0.15) is 9.97 Å². The Kier molecular flexibility index (Phi) is 4.22. The first-order valence-electron chi connectivity index (χ1n) is 7.89. The molecule has 1 aliphatic carbocycles. The van der Waals surface area contributed by atoms with Gasteiger partial charge >= 0.3 is 0 Å². The molecule has 0 bridgehead atoms. The van der Waals surface area contributed by atoms with Gasteiger partial charge in [-0.3, -0.25) is 9.36 Å². The Hall–Kier alpha value is -1.62. The molecule has 2 fully saturated rings. The number of hydrogen-bond donors (Lipinski definition) is 4. The van der Waals surface area contributed by atoms with Crippen LogP contribution in [0.25, 0.3) is 11.2 Å². The molecule has 134 valence electrons. The van der Waals surface area contributed by atoms with Gasteiger partial charge in [0.25, 0.3) is 0 Å². The van der Waals surface area contributed by atoms with Crippen molar-refractivity contribution in [3.63, 3.8) is 0 Å². The SMILES string of the molecule is CNc1nc(Cl)nc2c1ncn2[C@@H]1S[C@H](C(=O)NC2CC2)[C@@H](O)[C@H]1O. The van der Waals surface area contributed by atoms with E-state index in [1.54, 1.807) is 11.6 Å². The van der Waals surface area contributed by atoms with Crippen LogP contribution in [0.3, 0.4) is 0 Å². The topological polar surface area (TPSA) is 125 Å². The monoisotopic (exact) mass is 384 g/mol. The summed E-state index contributed by atoms with van der Waals surface area (Å²) in [5.41, 5.74) is 0.927. The maximum absolute atomic E-state index is 12.3. The number of anilines is 1. The molecule has 2 aliphatic rings. The molecule has 2 aromatic heterocycles. The fourth-order valence-electron chi connectivity index (χ4n) is 2.87. The number of amides is 1. The summed E-state index contributed by atoms with van der Waals surface area (Å²) in [5, 5.41) is 25.2. The Morgan fingerprint density at radius 1 is 1.36 bits per heavy atom. The molecule has 0 unspecified atom stereocenters. The van der Waals surface area contributed by atoms with E-state index in [1.807, 2.05) is 0 Å². The number of hydrogen-bond acceptors (Lipinski definition) is 8. The molecule has 0 aromatic carbocycles. The van der Waals surface area contributed by atoms with Crippen LogP contribution in [0.5, 0.6) is 0 Å². The molecule has 4 atom stereocenters. The summed E-state index contributed by atoms with van der Waals surface area (Å²) < 4.78 is 1.62. The molecule has 25 heavy (non-hydrogen) atoms. The van der Waals surface area contributed by atoms with E-state index in [9.17, 15) is 15.0 Å². The van der Waals surface area contributed by atoms with Crippen molar-refractivity contribution in [2.24, 2.45) is 0 Å². The quantitative estimate of drug-likeness (QED) is 0.548. The van der Waals surface area contributed by atoms with Crippen LogP contribution in [0.4, 0.5) is 5.82 Å². The van der Waals surface area contributed by atoms with E-state index < -0.39 is 22.8 Å². The summed E-state index contributed by atoms with van der Waals surface area (Å²) in [6.45, 7) is 0. The van der Waals surface area contributed by atoms with Crippen molar-refractivity contribution in [2.75, 3.05) is 12.4 Å². The summed E-state index contributed by atoms with van der Waals surface area (Å²) in [7, 11) is 1.69. The number of carbonyl (C=O) groups is 1. The first-order chi connectivity index (χ1) is 12.0. The number of thioether (sulfide) groups is 1. The number of fused-ring (bicyclic) bond motifs is 1. The summed E-state index contributed by atoms with van der Waals surface area (Å²) >= 11 is 7.14. The van der Waals surface area contributed by atoms with E-state index in [2.05, 4.69) is 25.6 Å². The minimum absolute atomic E-state index is 0.0414. The lowest BCUT2D eigenvalue weighted by molar-refractivity contribution is -0.123. The molecule has 9 nitrogen and oxygen atoms in total. The lowest BCUT2D eigenvalue weighted by Crippen LogP contribution is -2.42. The van der Waals surface area contributed by atoms with Crippen LogP contribution in [0.15, 0.2) is 6.33 Å². The summed E-state index contributed by atoms with van der Waals surface area (Å²) in [6, 6.07) is 0.190. The Morgan fingerprint density at radius 3 is 2.80 bits per heavy atom. The predicted octanol–water partition coefficient (Wildman–Crippen LogP) is 0.136. The van der Waals surface area contributed by atoms with Crippen molar-refractivity contribution in [2.45, 2.75) is 41.7 Å². The van der Waals surface area contributed by atoms with Gasteiger partial charge in [-0.25, -0.2) is 4.98 Å². The average molecular weight is 385 g/mol. The molecule has 0 radical (unpaired) electrons. The minimum atomic E-state index is -1.17. The second kappa shape index (κ2) is 6.27. The fraction of sp³-hybridized carbons (Fsp3) is 0.571. The molecule has 1 saturated heterocycles. The second-order valence-electron chi connectivity index (χ2n) is 6.13. The lowest BCUT2D eigenvalue weighted by Gasteiger charge is -2.17.